The molecule has 0 aliphatic carbocycles. The molecule has 0 bridgehead atoms. The van der Waals surface area contributed by atoms with Crippen LogP contribution in [0.3, 0.4) is 0 Å². The summed E-state index contributed by atoms with van der Waals surface area (Å²) in [5.41, 5.74) is 5.59. The zero-order chi connectivity index (χ0) is 29.8. The first-order valence-electron chi connectivity index (χ1n) is 13.9. The summed E-state index contributed by atoms with van der Waals surface area (Å²) in [4.78, 5) is 21.1. The van der Waals surface area contributed by atoms with Crippen LogP contribution >= 0.6 is 11.6 Å². The maximum atomic E-state index is 10.2. The highest BCUT2D eigenvalue weighted by Gasteiger charge is 2.28. The zero-order valence-electron chi connectivity index (χ0n) is 24.5. The highest BCUT2D eigenvalue weighted by atomic mass is 35.5. The van der Waals surface area contributed by atoms with E-state index in [1.807, 2.05) is 27.7 Å². The number of hydrogen-bond donors (Lipinski definition) is 1. The van der Waals surface area contributed by atoms with Gasteiger partial charge in [-0.3, -0.25) is 0 Å². The first-order valence-corrected chi connectivity index (χ1v) is 14.3. The molecular weight excluding hydrogens is 560 g/mol. The Morgan fingerprint density at radius 3 is 2.67 bits per heavy atom. The van der Waals surface area contributed by atoms with Crippen molar-refractivity contribution in [2.45, 2.75) is 59.7 Å². The van der Waals surface area contributed by atoms with Gasteiger partial charge in [-0.2, -0.15) is 4.98 Å². The summed E-state index contributed by atoms with van der Waals surface area (Å²) in [6.45, 7) is 9.86. The van der Waals surface area contributed by atoms with E-state index in [9.17, 15) is 5.11 Å². The van der Waals surface area contributed by atoms with Gasteiger partial charge in [0.1, 0.15) is 30.5 Å². The summed E-state index contributed by atoms with van der Waals surface area (Å²) in [6, 6.07) is 5.65. The van der Waals surface area contributed by atoms with Crippen molar-refractivity contribution < 1.29 is 23.8 Å². The van der Waals surface area contributed by atoms with E-state index in [2.05, 4.69) is 20.0 Å². The number of methoxy groups -OCH3 is 1. The molecule has 222 valence electrons. The number of aliphatic hydroxyl groups excluding tert-OH is 1. The van der Waals surface area contributed by atoms with Crippen molar-refractivity contribution in [1.82, 2.24) is 25.1 Å². The lowest BCUT2D eigenvalue weighted by atomic mass is 10.0. The molecular formula is C30H35ClN6O5. The van der Waals surface area contributed by atoms with Gasteiger partial charge in [0.15, 0.2) is 5.82 Å². The summed E-state index contributed by atoms with van der Waals surface area (Å²) >= 11 is 6.71. The third kappa shape index (κ3) is 6.33. The molecule has 4 heterocycles. The van der Waals surface area contributed by atoms with Crippen LogP contribution in [0.5, 0.6) is 11.8 Å². The SMILES string of the molecule is CCC[C@@H](O)COc1ccc(Cl)c(-c2nc(-c3c(C)noc3C)c(C)c(N3Cc4cnc(OCCOC)nc4C3)n2)c1. The fraction of sp³-hybridized carbons (Fsp3) is 0.433. The van der Waals surface area contributed by atoms with Crippen LogP contribution in [-0.4, -0.2) is 63.2 Å². The number of aromatic nitrogens is 5. The number of halogens is 1. The monoisotopic (exact) mass is 594 g/mol. The van der Waals surface area contributed by atoms with E-state index in [4.69, 9.17) is 40.3 Å². The molecule has 12 heteroatoms. The van der Waals surface area contributed by atoms with Gasteiger partial charge in [0.2, 0.25) is 0 Å². The lowest BCUT2D eigenvalue weighted by Crippen LogP contribution is -2.19. The topological polar surface area (TPSA) is 129 Å². The number of anilines is 1. The third-order valence-electron chi connectivity index (χ3n) is 7.09. The molecule has 0 spiro atoms. The first kappa shape index (κ1) is 29.7. The predicted molar refractivity (Wildman–Crippen MR) is 158 cm³/mol. The van der Waals surface area contributed by atoms with Crippen LogP contribution in [0.2, 0.25) is 5.02 Å². The summed E-state index contributed by atoms with van der Waals surface area (Å²) < 4.78 is 22.1. The van der Waals surface area contributed by atoms with Crippen molar-refractivity contribution in [3.8, 4) is 34.4 Å². The maximum absolute atomic E-state index is 10.2. The van der Waals surface area contributed by atoms with Crippen molar-refractivity contribution in [1.29, 1.82) is 0 Å². The molecule has 0 amide bonds. The van der Waals surface area contributed by atoms with E-state index >= 15 is 0 Å². The van der Waals surface area contributed by atoms with E-state index in [1.165, 1.54) is 0 Å². The van der Waals surface area contributed by atoms with Gasteiger partial charge in [0.05, 0.1) is 46.9 Å². The number of aryl methyl sites for hydroxylation is 2. The molecule has 1 aliphatic rings. The Morgan fingerprint density at radius 1 is 1.10 bits per heavy atom. The highest BCUT2D eigenvalue weighted by Crippen LogP contribution is 2.39. The van der Waals surface area contributed by atoms with Crippen molar-refractivity contribution >= 4 is 17.4 Å². The molecule has 0 unspecified atom stereocenters. The smallest absolute Gasteiger partial charge is 0.316 e. The fourth-order valence-corrected chi connectivity index (χ4v) is 5.14. The molecule has 42 heavy (non-hydrogen) atoms. The molecule has 0 saturated carbocycles. The number of rotatable bonds is 12. The normalized spacial score (nSPS) is 13.4. The number of aliphatic hydroxyl groups is 1. The number of ether oxygens (including phenoxy) is 3. The molecule has 1 atom stereocenters. The summed E-state index contributed by atoms with van der Waals surface area (Å²) in [7, 11) is 1.62. The predicted octanol–water partition coefficient (Wildman–Crippen LogP) is 5.25. The van der Waals surface area contributed by atoms with Crippen LogP contribution in [-0.2, 0) is 17.8 Å². The molecule has 1 aromatic carbocycles. The minimum atomic E-state index is -0.548. The summed E-state index contributed by atoms with van der Waals surface area (Å²) in [6.07, 6.45) is 2.78. The summed E-state index contributed by atoms with van der Waals surface area (Å²) in [5.74, 6) is 2.39. The van der Waals surface area contributed by atoms with Crippen molar-refractivity contribution in [2.75, 3.05) is 31.8 Å². The van der Waals surface area contributed by atoms with Crippen molar-refractivity contribution in [2.24, 2.45) is 0 Å². The second-order valence-corrected chi connectivity index (χ2v) is 10.7. The van der Waals surface area contributed by atoms with E-state index in [0.29, 0.717) is 72.3 Å². The fourth-order valence-electron chi connectivity index (χ4n) is 4.94. The van der Waals surface area contributed by atoms with E-state index in [-0.39, 0.29) is 6.61 Å². The average molecular weight is 595 g/mol. The standard InChI is InChI=1S/C30H35ClN6O5/c1-6-7-21(38)16-41-22-8-9-24(31)23(12-22)28-34-27(26-18(3)36-42-19(26)4)17(2)29(35-28)37-14-20-13-32-30(33-25(20)15-37)40-11-10-39-5/h8-9,12-13,21,38H,6-7,10-11,14-16H2,1-5H3/t21-/m1/s1. The van der Waals surface area contributed by atoms with Crippen LogP contribution in [0.25, 0.3) is 22.6 Å². The minimum absolute atomic E-state index is 0.184. The second-order valence-electron chi connectivity index (χ2n) is 10.3. The Bertz CT molecular complexity index is 1540. The van der Waals surface area contributed by atoms with Gasteiger partial charge in [-0.1, -0.05) is 30.1 Å². The molecule has 0 saturated heterocycles. The summed E-state index contributed by atoms with van der Waals surface area (Å²) in [5, 5.41) is 14.8. The number of hydrogen-bond acceptors (Lipinski definition) is 11. The molecule has 4 aromatic rings. The van der Waals surface area contributed by atoms with E-state index in [1.54, 1.807) is 31.5 Å². The second kappa shape index (κ2) is 13.0. The molecule has 5 rings (SSSR count). The van der Waals surface area contributed by atoms with Gasteiger partial charge in [-0.15, -0.1) is 0 Å². The van der Waals surface area contributed by atoms with Gasteiger partial charge in [0.25, 0.3) is 0 Å². The van der Waals surface area contributed by atoms with Crippen molar-refractivity contribution in [3.63, 3.8) is 0 Å². The lowest BCUT2D eigenvalue weighted by molar-refractivity contribution is 0.0994. The molecule has 3 aromatic heterocycles. The third-order valence-corrected chi connectivity index (χ3v) is 7.41. The lowest BCUT2D eigenvalue weighted by Gasteiger charge is -2.22. The van der Waals surface area contributed by atoms with Crippen LogP contribution < -0.4 is 14.4 Å². The maximum Gasteiger partial charge on any atom is 0.316 e. The van der Waals surface area contributed by atoms with Gasteiger partial charge < -0.3 is 28.7 Å². The minimum Gasteiger partial charge on any atom is -0.491 e. The van der Waals surface area contributed by atoms with Crippen LogP contribution in [0.15, 0.2) is 28.9 Å². The number of benzene rings is 1. The largest absolute Gasteiger partial charge is 0.491 e. The number of nitrogens with zero attached hydrogens (tertiary/aromatic N) is 6. The Kier molecular flexibility index (Phi) is 9.20. The van der Waals surface area contributed by atoms with E-state index in [0.717, 1.165) is 40.3 Å². The zero-order valence-corrected chi connectivity index (χ0v) is 25.2. The van der Waals surface area contributed by atoms with Gasteiger partial charge >= 0.3 is 6.01 Å². The van der Waals surface area contributed by atoms with Crippen LogP contribution in [0.4, 0.5) is 5.82 Å². The van der Waals surface area contributed by atoms with Crippen LogP contribution in [0, 0.1) is 20.8 Å². The molecule has 0 fully saturated rings. The average Bonchev–Trinajstić information content (AvgIpc) is 3.55. The first-order chi connectivity index (χ1) is 20.3. The van der Waals surface area contributed by atoms with Gasteiger partial charge in [-0.25, -0.2) is 15.0 Å². The quantitative estimate of drug-likeness (QED) is 0.216. The number of fused-ring (bicyclic) bond motifs is 1. The van der Waals surface area contributed by atoms with E-state index < -0.39 is 6.10 Å². The Labute approximate surface area is 249 Å². The van der Waals surface area contributed by atoms with Gasteiger partial charge in [-0.05, 0) is 45.4 Å². The Morgan fingerprint density at radius 2 is 1.93 bits per heavy atom. The Balaban J connectivity index is 1.54. The molecule has 11 nitrogen and oxygen atoms in total. The van der Waals surface area contributed by atoms with Crippen LogP contribution in [0.1, 0.15) is 48.0 Å². The highest BCUT2D eigenvalue weighted by molar-refractivity contribution is 6.33. The molecule has 1 N–H and O–H groups in total. The molecule has 1 aliphatic heterocycles. The van der Waals surface area contributed by atoms with Crippen molar-refractivity contribution in [3.05, 3.63) is 57.7 Å². The molecule has 0 radical (unpaired) electrons. The Hall–Kier alpha value is -3.80. The van der Waals surface area contributed by atoms with Gasteiger partial charge in [0, 0.05) is 36.5 Å².